The van der Waals surface area contributed by atoms with Gasteiger partial charge in [0, 0.05) is 36.6 Å². The number of fused-ring (bicyclic) bond motifs is 1. The summed E-state index contributed by atoms with van der Waals surface area (Å²) in [6.07, 6.45) is 3.10. The van der Waals surface area contributed by atoms with Crippen molar-refractivity contribution in [1.29, 1.82) is 0 Å². The maximum absolute atomic E-state index is 4.74. The third-order valence-corrected chi connectivity index (χ3v) is 4.38. The minimum Gasteiger partial charge on any atom is -0.292 e. The zero-order chi connectivity index (χ0) is 13.2. The SMILES string of the molecule is CC(C)c1ncc2c(n1)CN(Cc1cccs1)CC2. The Morgan fingerprint density at radius 1 is 1.42 bits per heavy atom. The molecule has 0 saturated heterocycles. The molecule has 0 fully saturated rings. The second kappa shape index (κ2) is 5.39. The number of hydrogen-bond acceptors (Lipinski definition) is 4. The van der Waals surface area contributed by atoms with Crippen molar-refractivity contribution in [3.05, 3.63) is 45.7 Å². The summed E-state index contributed by atoms with van der Waals surface area (Å²) in [4.78, 5) is 13.1. The van der Waals surface area contributed by atoms with Gasteiger partial charge in [-0.2, -0.15) is 0 Å². The molecule has 0 bridgehead atoms. The Hall–Kier alpha value is -1.26. The van der Waals surface area contributed by atoms with E-state index in [1.165, 1.54) is 16.1 Å². The first-order chi connectivity index (χ1) is 9.22. The van der Waals surface area contributed by atoms with Crippen LogP contribution in [0.2, 0.25) is 0 Å². The minimum absolute atomic E-state index is 0.401. The number of rotatable bonds is 3. The highest BCUT2D eigenvalue weighted by Crippen LogP contribution is 2.21. The van der Waals surface area contributed by atoms with E-state index in [-0.39, 0.29) is 0 Å². The highest BCUT2D eigenvalue weighted by atomic mass is 32.1. The summed E-state index contributed by atoms with van der Waals surface area (Å²) in [5, 5.41) is 2.15. The molecule has 3 rings (SSSR count). The van der Waals surface area contributed by atoms with Crippen LogP contribution in [0.3, 0.4) is 0 Å². The molecule has 0 unspecified atom stereocenters. The number of hydrogen-bond donors (Lipinski definition) is 0. The topological polar surface area (TPSA) is 29.0 Å². The number of nitrogens with zero attached hydrogens (tertiary/aromatic N) is 3. The van der Waals surface area contributed by atoms with Crippen molar-refractivity contribution >= 4 is 11.3 Å². The predicted octanol–water partition coefficient (Wildman–Crippen LogP) is 3.22. The molecule has 1 aliphatic rings. The molecule has 0 N–H and O–H groups in total. The van der Waals surface area contributed by atoms with E-state index in [0.717, 1.165) is 31.9 Å². The standard InChI is InChI=1S/C15H19N3S/c1-11(2)15-16-8-12-5-6-18(10-14(12)17-15)9-13-4-3-7-19-13/h3-4,7-8,11H,5-6,9-10H2,1-2H3. The van der Waals surface area contributed by atoms with E-state index in [2.05, 4.69) is 41.2 Å². The van der Waals surface area contributed by atoms with E-state index in [1.54, 1.807) is 0 Å². The van der Waals surface area contributed by atoms with Crippen LogP contribution >= 0.6 is 11.3 Å². The lowest BCUT2D eigenvalue weighted by molar-refractivity contribution is 0.242. The monoisotopic (exact) mass is 273 g/mol. The lowest BCUT2D eigenvalue weighted by atomic mass is 10.1. The average Bonchev–Trinajstić information content (AvgIpc) is 2.90. The Morgan fingerprint density at radius 2 is 2.32 bits per heavy atom. The lowest BCUT2D eigenvalue weighted by Gasteiger charge is -2.27. The molecule has 2 aromatic rings. The van der Waals surface area contributed by atoms with Gasteiger partial charge in [0.1, 0.15) is 5.82 Å². The van der Waals surface area contributed by atoms with Gasteiger partial charge in [0.25, 0.3) is 0 Å². The van der Waals surface area contributed by atoms with Crippen LogP contribution in [0.1, 0.15) is 41.7 Å². The van der Waals surface area contributed by atoms with Crippen LogP contribution in [0, 0.1) is 0 Å². The van der Waals surface area contributed by atoms with Gasteiger partial charge in [0.2, 0.25) is 0 Å². The van der Waals surface area contributed by atoms with Gasteiger partial charge in [-0.25, -0.2) is 9.97 Å². The van der Waals surface area contributed by atoms with Crippen molar-refractivity contribution in [2.45, 2.75) is 39.3 Å². The summed E-state index contributed by atoms with van der Waals surface area (Å²) < 4.78 is 0. The van der Waals surface area contributed by atoms with Crippen molar-refractivity contribution in [2.24, 2.45) is 0 Å². The molecule has 0 aromatic carbocycles. The van der Waals surface area contributed by atoms with Crippen LogP contribution in [-0.4, -0.2) is 21.4 Å². The third kappa shape index (κ3) is 2.85. The maximum atomic E-state index is 4.74. The van der Waals surface area contributed by atoms with Gasteiger partial charge in [-0.1, -0.05) is 19.9 Å². The molecule has 0 amide bonds. The van der Waals surface area contributed by atoms with Gasteiger partial charge in [0.15, 0.2) is 0 Å². The Labute approximate surface area is 118 Å². The van der Waals surface area contributed by atoms with Crippen molar-refractivity contribution in [1.82, 2.24) is 14.9 Å². The molecule has 3 nitrogen and oxygen atoms in total. The second-order valence-corrected chi connectivity index (χ2v) is 6.43. The van der Waals surface area contributed by atoms with Gasteiger partial charge >= 0.3 is 0 Å². The van der Waals surface area contributed by atoms with Gasteiger partial charge < -0.3 is 0 Å². The van der Waals surface area contributed by atoms with E-state index in [4.69, 9.17) is 4.98 Å². The van der Waals surface area contributed by atoms with Gasteiger partial charge in [-0.3, -0.25) is 4.90 Å². The normalized spacial score (nSPS) is 15.7. The van der Waals surface area contributed by atoms with Gasteiger partial charge in [0.05, 0.1) is 5.69 Å². The quantitative estimate of drug-likeness (QED) is 0.860. The molecule has 0 spiro atoms. The smallest absolute Gasteiger partial charge is 0.131 e. The molecule has 19 heavy (non-hydrogen) atoms. The molecule has 0 atom stereocenters. The fraction of sp³-hybridized carbons (Fsp3) is 0.467. The average molecular weight is 273 g/mol. The zero-order valence-electron chi connectivity index (χ0n) is 11.5. The molecule has 100 valence electrons. The summed E-state index contributed by atoms with van der Waals surface area (Å²) in [7, 11) is 0. The third-order valence-electron chi connectivity index (χ3n) is 3.52. The van der Waals surface area contributed by atoms with Crippen LogP contribution in [0.4, 0.5) is 0 Å². The van der Waals surface area contributed by atoms with E-state index in [0.29, 0.717) is 5.92 Å². The van der Waals surface area contributed by atoms with Crippen LogP contribution < -0.4 is 0 Å². The summed E-state index contributed by atoms with van der Waals surface area (Å²) in [5.41, 5.74) is 2.55. The highest BCUT2D eigenvalue weighted by molar-refractivity contribution is 7.09. The Kier molecular flexibility index (Phi) is 3.62. The summed E-state index contributed by atoms with van der Waals surface area (Å²) in [5.74, 6) is 1.37. The van der Waals surface area contributed by atoms with Crippen LogP contribution in [0.15, 0.2) is 23.7 Å². The molecule has 1 aliphatic heterocycles. The lowest BCUT2D eigenvalue weighted by Crippen LogP contribution is -2.31. The van der Waals surface area contributed by atoms with Crippen molar-refractivity contribution in [3.8, 4) is 0 Å². The molecule has 3 heterocycles. The van der Waals surface area contributed by atoms with Crippen LogP contribution in [0.5, 0.6) is 0 Å². The Bertz CT molecular complexity index is 549. The van der Waals surface area contributed by atoms with E-state index in [1.807, 2.05) is 17.5 Å². The molecule has 2 aromatic heterocycles. The van der Waals surface area contributed by atoms with Gasteiger partial charge in [-0.15, -0.1) is 11.3 Å². The molecule has 0 radical (unpaired) electrons. The Balaban J connectivity index is 1.76. The number of aromatic nitrogens is 2. The van der Waals surface area contributed by atoms with Crippen molar-refractivity contribution in [2.75, 3.05) is 6.54 Å². The molecule has 0 aliphatic carbocycles. The molecule has 0 saturated carbocycles. The first-order valence-electron chi connectivity index (χ1n) is 6.82. The zero-order valence-corrected chi connectivity index (χ0v) is 12.3. The fourth-order valence-corrected chi connectivity index (χ4v) is 3.15. The van der Waals surface area contributed by atoms with Crippen molar-refractivity contribution in [3.63, 3.8) is 0 Å². The maximum Gasteiger partial charge on any atom is 0.131 e. The first kappa shape index (κ1) is 12.8. The number of thiophene rings is 1. The summed E-state index contributed by atoms with van der Waals surface area (Å²) in [6.45, 7) is 7.39. The van der Waals surface area contributed by atoms with Crippen LogP contribution in [0.25, 0.3) is 0 Å². The fourth-order valence-electron chi connectivity index (χ4n) is 2.41. The Morgan fingerprint density at radius 3 is 3.05 bits per heavy atom. The highest BCUT2D eigenvalue weighted by Gasteiger charge is 2.19. The first-order valence-corrected chi connectivity index (χ1v) is 7.70. The summed E-state index contributed by atoms with van der Waals surface area (Å²) >= 11 is 1.83. The predicted molar refractivity (Wildman–Crippen MR) is 78.3 cm³/mol. The van der Waals surface area contributed by atoms with Gasteiger partial charge in [-0.05, 0) is 23.4 Å². The van der Waals surface area contributed by atoms with Crippen molar-refractivity contribution < 1.29 is 0 Å². The van der Waals surface area contributed by atoms with E-state index >= 15 is 0 Å². The van der Waals surface area contributed by atoms with E-state index in [9.17, 15) is 0 Å². The largest absolute Gasteiger partial charge is 0.292 e. The minimum atomic E-state index is 0.401. The second-order valence-electron chi connectivity index (χ2n) is 5.39. The van der Waals surface area contributed by atoms with Crippen LogP contribution in [-0.2, 0) is 19.5 Å². The molecular weight excluding hydrogens is 254 g/mol. The summed E-state index contributed by atoms with van der Waals surface area (Å²) in [6, 6.07) is 4.33. The molecule has 4 heteroatoms. The van der Waals surface area contributed by atoms with E-state index < -0.39 is 0 Å². The molecular formula is C15H19N3S.